The molecule has 0 spiro atoms. The highest BCUT2D eigenvalue weighted by atomic mass is 35.5. The van der Waals surface area contributed by atoms with Crippen molar-refractivity contribution < 1.29 is 0 Å². The topological polar surface area (TPSA) is 12.0 Å². The molecule has 0 aliphatic rings. The first-order chi connectivity index (χ1) is 10.0. The van der Waals surface area contributed by atoms with E-state index in [2.05, 4.69) is 43.4 Å². The molecule has 1 unspecified atom stereocenters. The largest absolute Gasteiger partial charge is 0.310 e. The second-order valence-electron chi connectivity index (χ2n) is 5.43. The molecule has 2 aromatic carbocycles. The third-order valence-electron chi connectivity index (χ3n) is 3.61. The van der Waals surface area contributed by atoms with Crippen LogP contribution in [0.1, 0.15) is 35.2 Å². The zero-order chi connectivity index (χ0) is 15.4. The number of likely N-dealkylation sites (N-methyl/N-ethyl adjacent to an activating group) is 1. The van der Waals surface area contributed by atoms with Crippen molar-refractivity contribution in [3.05, 3.63) is 68.7 Å². The van der Waals surface area contributed by atoms with Crippen LogP contribution in [0.15, 0.2) is 36.4 Å². The Balaban J connectivity index is 2.30. The highest BCUT2D eigenvalue weighted by Crippen LogP contribution is 2.29. The molecule has 0 radical (unpaired) electrons. The van der Waals surface area contributed by atoms with Crippen molar-refractivity contribution in [1.29, 1.82) is 0 Å². The summed E-state index contributed by atoms with van der Waals surface area (Å²) in [6.45, 7) is 7.09. The highest BCUT2D eigenvalue weighted by Gasteiger charge is 2.16. The third kappa shape index (κ3) is 4.23. The molecule has 0 aromatic heterocycles. The molecular formula is C18H21Cl2N. The van der Waals surface area contributed by atoms with E-state index in [1.54, 1.807) is 0 Å². The standard InChI is InChI=1S/C18H21Cl2N/c1-4-21-18(15-8-6-13(3)10-17(15)20)11-14-7-5-12(2)9-16(14)19/h5-10,18,21H,4,11H2,1-3H3. The van der Waals surface area contributed by atoms with Gasteiger partial charge in [0.15, 0.2) is 0 Å². The second-order valence-corrected chi connectivity index (χ2v) is 6.25. The zero-order valence-electron chi connectivity index (χ0n) is 12.7. The summed E-state index contributed by atoms with van der Waals surface area (Å²) in [6.07, 6.45) is 0.829. The van der Waals surface area contributed by atoms with E-state index in [0.717, 1.165) is 34.1 Å². The fraction of sp³-hybridized carbons (Fsp3) is 0.333. The average molecular weight is 322 g/mol. The molecule has 0 aliphatic carbocycles. The van der Waals surface area contributed by atoms with Crippen molar-refractivity contribution in [2.24, 2.45) is 0 Å². The normalized spacial score (nSPS) is 12.4. The first-order valence-electron chi connectivity index (χ1n) is 7.25. The predicted molar refractivity (Wildman–Crippen MR) is 92.5 cm³/mol. The molecule has 2 rings (SSSR count). The van der Waals surface area contributed by atoms with Crippen LogP contribution in [0.3, 0.4) is 0 Å². The van der Waals surface area contributed by atoms with Crippen molar-refractivity contribution in [2.45, 2.75) is 33.2 Å². The highest BCUT2D eigenvalue weighted by molar-refractivity contribution is 6.32. The molecule has 21 heavy (non-hydrogen) atoms. The monoisotopic (exact) mass is 321 g/mol. The van der Waals surface area contributed by atoms with Gasteiger partial charge in [0.1, 0.15) is 0 Å². The Morgan fingerprint density at radius 3 is 2.14 bits per heavy atom. The lowest BCUT2D eigenvalue weighted by Gasteiger charge is -2.21. The van der Waals surface area contributed by atoms with Crippen LogP contribution in [0, 0.1) is 13.8 Å². The van der Waals surface area contributed by atoms with Crippen LogP contribution in [0.25, 0.3) is 0 Å². The molecule has 0 heterocycles. The first kappa shape index (κ1) is 16.4. The maximum Gasteiger partial charge on any atom is 0.0456 e. The summed E-state index contributed by atoms with van der Waals surface area (Å²) in [5, 5.41) is 5.14. The Hall–Kier alpha value is -1.02. The smallest absolute Gasteiger partial charge is 0.0456 e. The SMILES string of the molecule is CCNC(Cc1ccc(C)cc1Cl)c1ccc(C)cc1Cl. The first-order valence-corrected chi connectivity index (χ1v) is 8.01. The van der Waals surface area contributed by atoms with Crippen LogP contribution in [0.4, 0.5) is 0 Å². The molecule has 1 N–H and O–H groups in total. The molecule has 0 fully saturated rings. The van der Waals surface area contributed by atoms with Crippen molar-refractivity contribution in [3.63, 3.8) is 0 Å². The molecule has 0 aliphatic heterocycles. The van der Waals surface area contributed by atoms with Crippen LogP contribution in [-0.2, 0) is 6.42 Å². The summed E-state index contributed by atoms with van der Waals surface area (Å²) < 4.78 is 0. The van der Waals surface area contributed by atoms with Gasteiger partial charge in [-0.05, 0) is 61.2 Å². The van der Waals surface area contributed by atoms with Crippen molar-refractivity contribution >= 4 is 23.2 Å². The Kier molecular flexibility index (Phi) is 5.69. The second kappa shape index (κ2) is 7.31. The van der Waals surface area contributed by atoms with E-state index in [1.165, 1.54) is 11.1 Å². The lowest BCUT2D eigenvalue weighted by molar-refractivity contribution is 0.550. The van der Waals surface area contributed by atoms with E-state index < -0.39 is 0 Å². The van der Waals surface area contributed by atoms with Gasteiger partial charge in [-0.1, -0.05) is 54.4 Å². The molecule has 112 valence electrons. The van der Waals surface area contributed by atoms with E-state index in [4.69, 9.17) is 23.2 Å². The quantitative estimate of drug-likeness (QED) is 0.766. The fourth-order valence-corrected chi connectivity index (χ4v) is 3.17. The number of benzene rings is 2. The van der Waals surface area contributed by atoms with Crippen LogP contribution in [0.5, 0.6) is 0 Å². The summed E-state index contributed by atoms with van der Waals surface area (Å²) in [5.74, 6) is 0. The van der Waals surface area contributed by atoms with E-state index in [-0.39, 0.29) is 6.04 Å². The molecule has 3 heteroatoms. The van der Waals surface area contributed by atoms with Gasteiger partial charge in [0.25, 0.3) is 0 Å². The van der Waals surface area contributed by atoms with Gasteiger partial charge in [0.05, 0.1) is 0 Å². The number of rotatable bonds is 5. The van der Waals surface area contributed by atoms with E-state index in [1.807, 2.05) is 19.1 Å². The van der Waals surface area contributed by atoms with Crippen LogP contribution >= 0.6 is 23.2 Å². The number of hydrogen-bond acceptors (Lipinski definition) is 1. The van der Waals surface area contributed by atoms with Gasteiger partial charge in [-0.3, -0.25) is 0 Å². The van der Waals surface area contributed by atoms with Gasteiger partial charge in [-0.2, -0.15) is 0 Å². The average Bonchev–Trinajstić information content (AvgIpc) is 2.41. The van der Waals surface area contributed by atoms with Crippen LogP contribution in [-0.4, -0.2) is 6.54 Å². The lowest BCUT2D eigenvalue weighted by Crippen LogP contribution is -2.23. The van der Waals surface area contributed by atoms with E-state index >= 15 is 0 Å². The van der Waals surface area contributed by atoms with Gasteiger partial charge >= 0.3 is 0 Å². The molecule has 1 nitrogen and oxygen atoms in total. The summed E-state index contributed by atoms with van der Waals surface area (Å²) in [7, 11) is 0. The number of aryl methyl sites for hydroxylation is 2. The van der Waals surface area contributed by atoms with Gasteiger partial charge in [0, 0.05) is 16.1 Å². The molecule has 0 saturated heterocycles. The fourth-order valence-electron chi connectivity index (χ4n) is 2.49. The van der Waals surface area contributed by atoms with Gasteiger partial charge in [-0.15, -0.1) is 0 Å². The van der Waals surface area contributed by atoms with Gasteiger partial charge < -0.3 is 5.32 Å². The van der Waals surface area contributed by atoms with Gasteiger partial charge in [-0.25, -0.2) is 0 Å². The predicted octanol–water partition coefficient (Wildman–Crippen LogP) is 5.50. The molecule has 0 saturated carbocycles. The minimum absolute atomic E-state index is 0.170. The Bertz CT molecular complexity index is 623. The third-order valence-corrected chi connectivity index (χ3v) is 4.29. The zero-order valence-corrected chi connectivity index (χ0v) is 14.2. The van der Waals surface area contributed by atoms with Crippen LogP contribution < -0.4 is 5.32 Å². The van der Waals surface area contributed by atoms with Crippen molar-refractivity contribution in [2.75, 3.05) is 6.54 Å². The lowest BCUT2D eigenvalue weighted by atomic mass is 9.97. The van der Waals surface area contributed by atoms with Gasteiger partial charge in [0.2, 0.25) is 0 Å². The summed E-state index contributed by atoms with van der Waals surface area (Å²) in [4.78, 5) is 0. The summed E-state index contributed by atoms with van der Waals surface area (Å²) in [6, 6.07) is 12.6. The number of hydrogen-bond donors (Lipinski definition) is 1. The summed E-state index contributed by atoms with van der Waals surface area (Å²) in [5.41, 5.74) is 4.62. The molecule has 2 aromatic rings. The minimum atomic E-state index is 0.170. The summed E-state index contributed by atoms with van der Waals surface area (Å²) >= 11 is 12.8. The Morgan fingerprint density at radius 2 is 1.57 bits per heavy atom. The van der Waals surface area contributed by atoms with Crippen molar-refractivity contribution in [3.8, 4) is 0 Å². The molecule has 0 bridgehead atoms. The molecule has 1 atom stereocenters. The minimum Gasteiger partial charge on any atom is -0.310 e. The maximum absolute atomic E-state index is 6.42. The van der Waals surface area contributed by atoms with Crippen molar-refractivity contribution in [1.82, 2.24) is 5.32 Å². The number of nitrogens with one attached hydrogen (secondary N) is 1. The number of halogens is 2. The van der Waals surface area contributed by atoms with Crippen LogP contribution in [0.2, 0.25) is 10.0 Å². The Labute approximate surface area is 137 Å². The van der Waals surface area contributed by atoms with E-state index in [0.29, 0.717) is 0 Å². The molecule has 0 amide bonds. The molecular weight excluding hydrogens is 301 g/mol. The Morgan fingerprint density at radius 1 is 0.952 bits per heavy atom. The van der Waals surface area contributed by atoms with E-state index in [9.17, 15) is 0 Å². The maximum atomic E-state index is 6.42.